The molecule has 10 aromatic rings. The number of aromatic nitrogens is 5. The highest BCUT2D eigenvalue weighted by atomic mass is 32.1. The van der Waals surface area contributed by atoms with Gasteiger partial charge in [-0.1, -0.05) is 127 Å². The van der Waals surface area contributed by atoms with Crippen LogP contribution in [0.1, 0.15) is 0 Å². The Kier molecular flexibility index (Phi) is 7.25. The zero-order chi connectivity index (χ0) is 34.4. The van der Waals surface area contributed by atoms with E-state index in [9.17, 15) is 0 Å². The molecular weight excluding hydrogens is 655 g/mol. The second-order valence-corrected chi connectivity index (χ2v) is 13.8. The van der Waals surface area contributed by atoms with Crippen molar-refractivity contribution in [1.29, 1.82) is 0 Å². The van der Waals surface area contributed by atoms with Gasteiger partial charge in [-0.05, 0) is 59.7 Å². The molecule has 7 aromatic carbocycles. The Balaban J connectivity index is 1.20. The number of fused-ring (bicyclic) bond motifs is 4. The summed E-state index contributed by atoms with van der Waals surface area (Å²) in [5.41, 5.74) is 9.17. The Morgan fingerprint density at radius 2 is 1.00 bits per heavy atom. The molecule has 0 atom stereocenters. The first-order valence-electron chi connectivity index (χ1n) is 17.2. The van der Waals surface area contributed by atoms with Gasteiger partial charge in [-0.2, -0.15) is 0 Å². The normalized spacial score (nSPS) is 11.5. The Bertz CT molecular complexity index is 2840. The van der Waals surface area contributed by atoms with Crippen LogP contribution in [-0.4, -0.2) is 24.5 Å². The quantitative estimate of drug-likeness (QED) is 0.175. The molecule has 244 valence electrons. The molecule has 52 heavy (non-hydrogen) atoms. The van der Waals surface area contributed by atoms with E-state index in [4.69, 9.17) is 19.9 Å². The van der Waals surface area contributed by atoms with Gasteiger partial charge in [0.05, 0.1) is 11.0 Å². The van der Waals surface area contributed by atoms with Crippen LogP contribution in [0.2, 0.25) is 0 Å². The first-order valence-corrected chi connectivity index (χ1v) is 18.0. The fraction of sp³-hybridized carbons (Fsp3) is 0. The largest absolute Gasteiger partial charge is 0.292 e. The lowest BCUT2D eigenvalue weighted by Crippen LogP contribution is -2.00. The van der Waals surface area contributed by atoms with E-state index in [1.165, 1.54) is 14.8 Å². The van der Waals surface area contributed by atoms with Crippen LogP contribution in [0.25, 0.3) is 93.6 Å². The molecule has 5 nitrogen and oxygen atoms in total. The molecule has 0 aliphatic rings. The minimum Gasteiger partial charge on any atom is -0.292 e. The van der Waals surface area contributed by atoms with Crippen LogP contribution in [0.15, 0.2) is 176 Å². The molecule has 0 spiro atoms. The van der Waals surface area contributed by atoms with Crippen LogP contribution in [0.4, 0.5) is 0 Å². The van der Waals surface area contributed by atoms with Gasteiger partial charge < -0.3 is 0 Å². The number of hydrogen-bond donors (Lipinski definition) is 0. The first-order chi connectivity index (χ1) is 25.8. The Morgan fingerprint density at radius 3 is 1.75 bits per heavy atom. The Morgan fingerprint density at radius 1 is 0.404 bits per heavy atom. The van der Waals surface area contributed by atoms with E-state index in [0.717, 1.165) is 61.3 Å². The molecule has 0 saturated heterocycles. The highest BCUT2D eigenvalue weighted by Gasteiger charge is 2.20. The smallest absolute Gasteiger partial charge is 0.164 e. The molecule has 0 unspecified atom stereocenters. The van der Waals surface area contributed by atoms with Crippen molar-refractivity contribution in [3.8, 4) is 62.4 Å². The first kappa shape index (κ1) is 30.1. The Hall–Kier alpha value is -6.76. The third kappa shape index (κ3) is 5.25. The maximum atomic E-state index is 5.17. The molecule has 0 aliphatic heterocycles. The van der Waals surface area contributed by atoms with Crippen LogP contribution in [0.3, 0.4) is 0 Å². The maximum Gasteiger partial charge on any atom is 0.164 e. The number of nitrogens with zero attached hydrogens (tertiary/aromatic N) is 5. The van der Waals surface area contributed by atoms with E-state index < -0.39 is 0 Å². The van der Waals surface area contributed by atoms with E-state index in [2.05, 4.69) is 108 Å². The molecule has 3 aromatic heterocycles. The van der Waals surface area contributed by atoms with Crippen molar-refractivity contribution in [1.82, 2.24) is 24.5 Å². The third-order valence-corrected chi connectivity index (χ3v) is 10.6. The van der Waals surface area contributed by atoms with Gasteiger partial charge in [0.2, 0.25) is 0 Å². The topological polar surface area (TPSA) is 56.5 Å². The lowest BCUT2D eigenvalue weighted by Gasteiger charge is -2.13. The van der Waals surface area contributed by atoms with Crippen molar-refractivity contribution in [3.63, 3.8) is 0 Å². The molecule has 0 aliphatic carbocycles. The number of para-hydroxylation sites is 3. The standard InChI is InChI=1S/C46H29N5S/c1-4-15-30(16-5-1)43-48-44(31-17-6-2-7-18-31)50-45(49-43)37-28-34(29-41-42(37)36-23-10-13-26-40(36)52-41)32-19-14-20-33(27-32)46-47-38-24-11-12-25-39(38)51(46)35-21-8-3-9-22-35/h1-29H. The van der Waals surface area contributed by atoms with Crippen molar-refractivity contribution >= 4 is 42.5 Å². The molecule has 0 saturated carbocycles. The predicted octanol–water partition coefficient (Wildman–Crippen LogP) is 11.9. The van der Waals surface area contributed by atoms with Crippen molar-refractivity contribution in [2.24, 2.45) is 0 Å². The molecule has 10 rings (SSSR count). The average Bonchev–Trinajstić information content (AvgIpc) is 3.80. The second kappa shape index (κ2) is 12.5. The van der Waals surface area contributed by atoms with Crippen molar-refractivity contribution in [2.45, 2.75) is 0 Å². The summed E-state index contributed by atoms with van der Waals surface area (Å²) < 4.78 is 4.65. The predicted molar refractivity (Wildman–Crippen MR) is 215 cm³/mol. The van der Waals surface area contributed by atoms with Crippen LogP contribution in [0.5, 0.6) is 0 Å². The van der Waals surface area contributed by atoms with Crippen molar-refractivity contribution < 1.29 is 0 Å². The third-order valence-electron chi connectivity index (χ3n) is 9.45. The van der Waals surface area contributed by atoms with E-state index in [1.807, 2.05) is 72.8 Å². The minimum absolute atomic E-state index is 0.643. The van der Waals surface area contributed by atoms with Gasteiger partial charge in [-0.3, -0.25) is 4.57 Å². The fourth-order valence-electron chi connectivity index (χ4n) is 7.02. The summed E-state index contributed by atoms with van der Waals surface area (Å²) in [4.78, 5) is 20.5. The zero-order valence-electron chi connectivity index (χ0n) is 27.9. The number of thiophene rings is 1. The lowest BCUT2D eigenvalue weighted by atomic mass is 9.97. The lowest BCUT2D eigenvalue weighted by molar-refractivity contribution is 1.08. The van der Waals surface area contributed by atoms with Crippen molar-refractivity contribution in [3.05, 3.63) is 176 Å². The van der Waals surface area contributed by atoms with E-state index in [1.54, 1.807) is 11.3 Å². The van der Waals surface area contributed by atoms with Crippen LogP contribution in [-0.2, 0) is 0 Å². The number of hydrogen-bond acceptors (Lipinski definition) is 5. The summed E-state index contributed by atoms with van der Waals surface area (Å²) in [5, 5.41) is 2.34. The summed E-state index contributed by atoms with van der Waals surface area (Å²) in [5.74, 6) is 2.83. The van der Waals surface area contributed by atoms with Gasteiger partial charge in [-0.25, -0.2) is 19.9 Å². The van der Waals surface area contributed by atoms with E-state index >= 15 is 0 Å². The average molecular weight is 684 g/mol. The molecule has 0 N–H and O–H groups in total. The van der Waals surface area contributed by atoms with Crippen molar-refractivity contribution in [2.75, 3.05) is 0 Å². The molecule has 0 amide bonds. The van der Waals surface area contributed by atoms with Crippen LogP contribution in [0, 0.1) is 0 Å². The summed E-state index contributed by atoms with van der Waals surface area (Å²) >= 11 is 1.80. The van der Waals surface area contributed by atoms with Gasteiger partial charge >= 0.3 is 0 Å². The molecule has 0 bridgehead atoms. The summed E-state index contributed by atoms with van der Waals surface area (Å²) in [7, 11) is 0. The van der Waals surface area contributed by atoms with E-state index in [-0.39, 0.29) is 0 Å². The van der Waals surface area contributed by atoms with Gasteiger partial charge in [0, 0.05) is 48.1 Å². The molecular formula is C46H29N5S. The van der Waals surface area contributed by atoms with Gasteiger partial charge in [-0.15, -0.1) is 11.3 Å². The van der Waals surface area contributed by atoms with Gasteiger partial charge in [0.25, 0.3) is 0 Å². The summed E-state index contributed by atoms with van der Waals surface area (Å²) in [6, 6.07) is 60.9. The molecule has 0 radical (unpaired) electrons. The summed E-state index contributed by atoms with van der Waals surface area (Å²) in [6.45, 7) is 0. The van der Waals surface area contributed by atoms with Crippen LogP contribution >= 0.6 is 11.3 Å². The number of benzene rings is 7. The number of rotatable bonds is 6. The van der Waals surface area contributed by atoms with Gasteiger partial charge in [0.1, 0.15) is 5.82 Å². The SMILES string of the molecule is c1ccc(-c2nc(-c3ccccc3)nc(-c3cc(-c4cccc(-c5nc6ccccc6n5-c5ccccc5)c4)cc4sc5ccccc5c34)n2)cc1. The summed E-state index contributed by atoms with van der Waals surface area (Å²) in [6.07, 6.45) is 0. The number of imidazole rings is 1. The molecule has 6 heteroatoms. The fourth-order valence-corrected chi connectivity index (χ4v) is 8.19. The Labute approximate surface area is 304 Å². The minimum atomic E-state index is 0.643. The molecule has 3 heterocycles. The second-order valence-electron chi connectivity index (χ2n) is 12.7. The van der Waals surface area contributed by atoms with Gasteiger partial charge in [0.15, 0.2) is 17.5 Å². The van der Waals surface area contributed by atoms with Crippen LogP contribution < -0.4 is 0 Å². The monoisotopic (exact) mass is 683 g/mol. The highest BCUT2D eigenvalue weighted by Crippen LogP contribution is 2.43. The van der Waals surface area contributed by atoms with E-state index in [0.29, 0.717) is 17.5 Å². The highest BCUT2D eigenvalue weighted by molar-refractivity contribution is 7.26. The zero-order valence-corrected chi connectivity index (χ0v) is 28.7. The molecule has 0 fully saturated rings. The maximum absolute atomic E-state index is 5.17.